The lowest BCUT2D eigenvalue weighted by Crippen LogP contribution is -1.98. The van der Waals surface area contributed by atoms with Crippen LogP contribution in [-0.2, 0) is 0 Å². The van der Waals surface area contributed by atoms with Crippen LogP contribution in [0.1, 0.15) is 5.56 Å². The van der Waals surface area contributed by atoms with Gasteiger partial charge in [0.05, 0.1) is 0 Å². The molecule has 2 heteroatoms. The summed E-state index contributed by atoms with van der Waals surface area (Å²) in [5.41, 5.74) is 3.09. The van der Waals surface area contributed by atoms with E-state index in [1.54, 1.807) is 6.07 Å². The Labute approximate surface area is 136 Å². The Morgan fingerprint density at radius 3 is 2.22 bits per heavy atom. The first-order valence-electron chi connectivity index (χ1n) is 7.56. The van der Waals surface area contributed by atoms with Gasteiger partial charge in [-0.15, -0.1) is 0 Å². The van der Waals surface area contributed by atoms with E-state index in [-0.39, 0.29) is 0 Å². The Hall–Kier alpha value is -3.00. The molecule has 3 aromatic carbocycles. The summed E-state index contributed by atoms with van der Waals surface area (Å²) in [6.45, 7) is 0.705. The maximum Gasteiger partial charge on any atom is 0.126 e. The molecular formula is C21H18O2. The number of hydrogen-bond acceptors (Lipinski definition) is 2. The summed E-state index contributed by atoms with van der Waals surface area (Å²) in [5.74, 6) is 1.32. The van der Waals surface area contributed by atoms with Gasteiger partial charge in [-0.25, -0.2) is 0 Å². The highest BCUT2D eigenvalue weighted by Gasteiger charge is 2.01. The van der Waals surface area contributed by atoms with Gasteiger partial charge in [-0.05, 0) is 23.8 Å². The molecule has 0 amide bonds. The standard InChI is InChI=1S/C12H10O.C9H8O/c13-12-9-5-4-8-11(12)10-6-2-1-3-7-10;1-2-6-9-8(4-1)5-3-7-10-9/h1-9,13H;1-6H,7H2. The minimum Gasteiger partial charge on any atom is -0.507 e. The maximum absolute atomic E-state index is 9.56. The molecule has 4 rings (SSSR count). The fourth-order valence-electron chi connectivity index (χ4n) is 2.40. The van der Waals surface area contributed by atoms with E-state index in [4.69, 9.17) is 4.74 Å². The highest BCUT2D eigenvalue weighted by Crippen LogP contribution is 2.27. The van der Waals surface area contributed by atoms with Crippen LogP contribution in [-0.4, -0.2) is 11.7 Å². The van der Waals surface area contributed by atoms with Crippen molar-refractivity contribution in [2.24, 2.45) is 0 Å². The molecule has 23 heavy (non-hydrogen) atoms. The van der Waals surface area contributed by atoms with Gasteiger partial charge in [0, 0.05) is 11.1 Å². The quantitative estimate of drug-likeness (QED) is 0.673. The molecule has 2 nitrogen and oxygen atoms in total. The molecule has 0 saturated heterocycles. The van der Waals surface area contributed by atoms with Crippen LogP contribution in [0.15, 0.2) is 84.9 Å². The molecule has 0 aliphatic carbocycles. The Morgan fingerprint density at radius 2 is 1.43 bits per heavy atom. The number of phenols is 1. The van der Waals surface area contributed by atoms with E-state index in [1.807, 2.05) is 78.9 Å². The van der Waals surface area contributed by atoms with Gasteiger partial charge in [0.1, 0.15) is 18.1 Å². The summed E-state index contributed by atoms with van der Waals surface area (Å²) in [7, 11) is 0. The van der Waals surface area contributed by atoms with Crippen LogP contribution in [0.4, 0.5) is 0 Å². The van der Waals surface area contributed by atoms with E-state index in [2.05, 4.69) is 6.08 Å². The van der Waals surface area contributed by atoms with Crippen LogP contribution in [0.25, 0.3) is 17.2 Å². The number of rotatable bonds is 1. The summed E-state index contributed by atoms with van der Waals surface area (Å²) in [6, 6.07) is 25.2. The second-order valence-corrected chi connectivity index (χ2v) is 5.13. The monoisotopic (exact) mass is 302 g/mol. The summed E-state index contributed by atoms with van der Waals surface area (Å²) in [6.07, 6.45) is 4.10. The third kappa shape index (κ3) is 3.80. The Bertz CT molecular complexity index is 792. The summed E-state index contributed by atoms with van der Waals surface area (Å²) >= 11 is 0. The average molecular weight is 302 g/mol. The molecule has 3 aromatic rings. The second kappa shape index (κ2) is 7.32. The van der Waals surface area contributed by atoms with Crippen molar-refractivity contribution >= 4 is 6.08 Å². The fraction of sp³-hybridized carbons (Fsp3) is 0.0476. The highest BCUT2D eigenvalue weighted by atomic mass is 16.5. The number of ether oxygens (including phenoxy) is 1. The zero-order chi connectivity index (χ0) is 15.9. The maximum atomic E-state index is 9.56. The fourth-order valence-corrected chi connectivity index (χ4v) is 2.40. The zero-order valence-electron chi connectivity index (χ0n) is 12.7. The smallest absolute Gasteiger partial charge is 0.126 e. The van der Waals surface area contributed by atoms with Gasteiger partial charge >= 0.3 is 0 Å². The van der Waals surface area contributed by atoms with Crippen molar-refractivity contribution < 1.29 is 9.84 Å². The molecule has 0 unspecified atom stereocenters. The number of aromatic hydroxyl groups is 1. The number of para-hydroxylation sites is 2. The van der Waals surface area contributed by atoms with Crippen molar-refractivity contribution in [1.82, 2.24) is 0 Å². The number of benzene rings is 3. The zero-order valence-corrected chi connectivity index (χ0v) is 12.7. The SMILES string of the molecule is C1=Cc2ccccc2OC1.Oc1ccccc1-c1ccccc1. The second-order valence-electron chi connectivity index (χ2n) is 5.13. The van der Waals surface area contributed by atoms with Crippen LogP contribution in [0.5, 0.6) is 11.5 Å². The first kappa shape index (κ1) is 14.9. The average Bonchev–Trinajstić information content (AvgIpc) is 2.63. The van der Waals surface area contributed by atoms with Crippen molar-refractivity contribution in [1.29, 1.82) is 0 Å². The summed E-state index contributed by atoms with van der Waals surface area (Å²) in [5, 5.41) is 9.56. The van der Waals surface area contributed by atoms with E-state index in [1.165, 1.54) is 5.56 Å². The molecule has 1 heterocycles. The molecule has 0 spiro atoms. The Morgan fingerprint density at radius 1 is 0.739 bits per heavy atom. The molecule has 0 aromatic heterocycles. The molecule has 0 atom stereocenters. The molecule has 0 fully saturated rings. The van der Waals surface area contributed by atoms with Gasteiger partial charge in [0.15, 0.2) is 0 Å². The van der Waals surface area contributed by atoms with Gasteiger partial charge in [-0.1, -0.05) is 72.8 Å². The molecule has 114 valence electrons. The van der Waals surface area contributed by atoms with Gasteiger partial charge in [-0.2, -0.15) is 0 Å². The van der Waals surface area contributed by atoms with E-state index < -0.39 is 0 Å². The molecule has 0 saturated carbocycles. The topological polar surface area (TPSA) is 29.5 Å². The lowest BCUT2D eigenvalue weighted by Gasteiger charge is -2.10. The largest absolute Gasteiger partial charge is 0.507 e. The third-order valence-corrected chi connectivity index (χ3v) is 3.54. The Kier molecular flexibility index (Phi) is 4.75. The number of hydrogen-bond donors (Lipinski definition) is 1. The minimum atomic E-state index is 0.328. The molecular weight excluding hydrogens is 284 g/mol. The molecule has 0 bridgehead atoms. The van der Waals surface area contributed by atoms with Crippen LogP contribution >= 0.6 is 0 Å². The highest BCUT2D eigenvalue weighted by molar-refractivity contribution is 5.69. The van der Waals surface area contributed by atoms with Crippen LogP contribution in [0.3, 0.4) is 0 Å². The first-order chi connectivity index (χ1) is 11.3. The number of fused-ring (bicyclic) bond motifs is 1. The van der Waals surface area contributed by atoms with E-state index in [0.717, 1.165) is 16.9 Å². The van der Waals surface area contributed by atoms with Gasteiger partial charge in [0.2, 0.25) is 0 Å². The van der Waals surface area contributed by atoms with Crippen molar-refractivity contribution in [3.63, 3.8) is 0 Å². The van der Waals surface area contributed by atoms with Crippen molar-refractivity contribution in [3.05, 3.63) is 90.5 Å². The van der Waals surface area contributed by atoms with E-state index in [0.29, 0.717) is 12.4 Å². The van der Waals surface area contributed by atoms with Crippen LogP contribution in [0.2, 0.25) is 0 Å². The predicted molar refractivity (Wildman–Crippen MR) is 94.5 cm³/mol. The lowest BCUT2D eigenvalue weighted by atomic mass is 10.1. The van der Waals surface area contributed by atoms with Crippen molar-refractivity contribution in [2.75, 3.05) is 6.61 Å². The van der Waals surface area contributed by atoms with E-state index >= 15 is 0 Å². The van der Waals surface area contributed by atoms with Gasteiger partial charge in [0.25, 0.3) is 0 Å². The summed E-state index contributed by atoms with van der Waals surface area (Å²) < 4.78 is 5.34. The normalized spacial score (nSPS) is 11.7. The molecule has 1 aliphatic heterocycles. The van der Waals surface area contributed by atoms with E-state index in [9.17, 15) is 5.11 Å². The molecule has 1 aliphatic rings. The van der Waals surface area contributed by atoms with Crippen LogP contribution in [0, 0.1) is 0 Å². The molecule has 1 N–H and O–H groups in total. The lowest BCUT2D eigenvalue weighted by molar-refractivity contribution is 0.358. The summed E-state index contributed by atoms with van der Waals surface area (Å²) in [4.78, 5) is 0. The molecule has 0 radical (unpaired) electrons. The van der Waals surface area contributed by atoms with Crippen LogP contribution < -0.4 is 4.74 Å². The van der Waals surface area contributed by atoms with Crippen molar-refractivity contribution in [2.45, 2.75) is 0 Å². The Balaban J connectivity index is 0.000000140. The van der Waals surface area contributed by atoms with Gasteiger partial charge < -0.3 is 9.84 Å². The van der Waals surface area contributed by atoms with Gasteiger partial charge in [-0.3, -0.25) is 0 Å². The third-order valence-electron chi connectivity index (χ3n) is 3.54. The number of phenolic OH excluding ortho intramolecular Hbond substituents is 1. The first-order valence-corrected chi connectivity index (χ1v) is 7.56. The predicted octanol–water partition coefficient (Wildman–Crippen LogP) is 5.15. The van der Waals surface area contributed by atoms with Crippen molar-refractivity contribution in [3.8, 4) is 22.6 Å². The minimum absolute atomic E-state index is 0.328.